The SMILES string of the molecule is Fc1cnc(Cl)nc1Sc1cc(Cl)ccc1Cl. The lowest BCUT2D eigenvalue weighted by atomic mass is 10.4. The van der Waals surface area contributed by atoms with Crippen molar-refractivity contribution in [1.29, 1.82) is 0 Å². The van der Waals surface area contributed by atoms with Crippen LogP contribution < -0.4 is 0 Å². The van der Waals surface area contributed by atoms with E-state index < -0.39 is 5.82 Å². The highest BCUT2D eigenvalue weighted by atomic mass is 35.5. The van der Waals surface area contributed by atoms with Gasteiger partial charge in [0.2, 0.25) is 5.28 Å². The molecular formula is C10H4Cl3FN2S. The molecular weight excluding hydrogens is 306 g/mol. The maximum absolute atomic E-state index is 13.4. The van der Waals surface area contributed by atoms with Gasteiger partial charge < -0.3 is 0 Å². The van der Waals surface area contributed by atoms with Crippen LogP contribution in [0.3, 0.4) is 0 Å². The Kier molecular flexibility index (Phi) is 4.09. The van der Waals surface area contributed by atoms with Gasteiger partial charge in [-0.05, 0) is 29.8 Å². The summed E-state index contributed by atoms with van der Waals surface area (Å²) in [6, 6.07) is 4.91. The lowest BCUT2D eigenvalue weighted by Crippen LogP contribution is -1.90. The van der Waals surface area contributed by atoms with Crippen molar-refractivity contribution >= 4 is 46.6 Å². The number of rotatable bonds is 2. The molecule has 1 aromatic heterocycles. The van der Waals surface area contributed by atoms with Crippen molar-refractivity contribution in [2.75, 3.05) is 0 Å². The predicted octanol–water partition coefficient (Wildman–Crippen LogP) is 4.73. The monoisotopic (exact) mass is 308 g/mol. The van der Waals surface area contributed by atoms with Crippen molar-refractivity contribution in [2.24, 2.45) is 0 Å². The zero-order chi connectivity index (χ0) is 12.4. The lowest BCUT2D eigenvalue weighted by molar-refractivity contribution is 0.579. The second-order valence-corrected chi connectivity index (χ2v) is 5.18. The summed E-state index contributed by atoms with van der Waals surface area (Å²) in [5, 5.41) is 1.06. The average Bonchev–Trinajstić information content (AvgIpc) is 2.28. The zero-order valence-electron chi connectivity index (χ0n) is 8.12. The second kappa shape index (κ2) is 5.40. The summed E-state index contributed by atoms with van der Waals surface area (Å²) >= 11 is 18.4. The molecule has 7 heteroatoms. The van der Waals surface area contributed by atoms with E-state index in [2.05, 4.69) is 9.97 Å². The number of aromatic nitrogens is 2. The van der Waals surface area contributed by atoms with Gasteiger partial charge in [0.25, 0.3) is 0 Å². The maximum Gasteiger partial charge on any atom is 0.223 e. The molecule has 17 heavy (non-hydrogen) atoms. The minimum atomic E-state index is -0.560. The van der Waals surface area contributed by atoms with Crippen molar-refractivity contribution in [1.82, 2.24) is 9.97 Å². The van der Waals surface area contributed by atoms with E-state index in [1.807, 2.05) is 0 Å². The summed E-state index contributed by atoms with van der Waals surface area (Å²) in [6.45, 7) is 0. The first-order chi connectivity index (χ1) is 8.06. The summed E-state index contributed by atoms with van der Waals surface area (Å²) < 4.78 is 13.4. The fourth-order valence-electron chi connectivity index (χ4n) is 1.06. The molecule has 0 amide bonds. The van der Waals surface area contributed by atoms with Crippen LogP contribution in [-0.2, 0) is 0 Å². The molecule has 88 valence electrons. The number of hydrogen-bond donors (Lipinski definition) is 0. The fourth-order valence-corrected chi connectivity index (χ4v) is 2.56. The number of halogens is 4. The van der Waals surface area contributed by atoms with Gasteiger partial charge in [0.05, 0.1) is 11.2 Å². The van der Waals surface area contributed by atoms with E-state index in [1.165, 1.54) is 0 Å². The molecule has 2 nitrogen and oxygen atoms in total. The molecule has 2 aromatic rings. The van der Waals surface area contributed by atoms with E-state index in [0.29, 0.717) is 14.9 Å². The van der Waals surface area contributed by atoms with Gasteiger partial charge in [-0.2, -0.15) is 0 Å². The highest BCUT2D eigenvalue weighted by Gasteiger charge is 2.10. The summed E-state index contributed by atoms with van der Waals surface area (Å²) in [5.74, 6) is -0.560. The number of benzene rings is 1. The first-order valence-electron chi connectivity index (χ1n) is 4.37. The molecule has 0 spiro atoms. The van der Waals surface area contributed by atoms with Crippen LogP contribution in [0.4, 0.5) is 4.39 Å². The Morgan fingerprint density at radius 2 is 1.94 bits per heavy atom. The fraction of sp³-hybridized carbons (Fsp3) is 0. The Hall–Kier alpha value is -0.550. The van der Waals surface area contributed by atoms with Crippen LogP contribution in [0.25, 0.3) is 0 Å². The molecule has 0 saturated carbocycles. The van der Waals surface area contributed by atoms with Crippen LogP contribution in [0.5, 0.6) is 0 Å². The first-order valence-corrected chi connectivity index (χ1v) is 6.32. The van der Waals surface area contributed by atoms with Gasteiger partial charge >= 0.3 is 0 Å². The molecule has 0 bridgehead atoms. The maximum atomic E-state index is 13.4. The molecule has 1 aromatic carbocycles. The van der Waals surface area contributed by atoms with E-state index in [0.717, 1.165) is 18.0 Å². The predicted molar refractivity (Wildman–Crippen MR) is 67.6 cm³/mol. The third-order valence-corrected chi connectivity index (χ3v) is 3.68. The van der Waals surface area contributed by atoms with Crippen LogP contribution in [0.2, 0.25) is 15.3 Å². The highest BCUT2D eigenvalue weighted by molar-refractivity contribution is 7.99. The van der Waals surface area contributed by atoms with Gasteiger partial charge in [0.15, 0.2) is 5.82 Å². The third kappa shape index (κ3) is 3.22. The molecule has 0 unspecified atom stereocenters. The van der Waals surface area contributed by atoms with Gasteiger partial charge in [-0.3, -0.25) is 0 Å². The largest absolute Gasteiger partial charge is 0.223 e. The van der Waals surface area contributed by atoms with Gasteiger partial charge in [0.1, 0.15) is 5.03 Å². The van der Waals surface area contributed by atoms with Crippen molar-refractivity contribution in [3.8, 4) is 0 Å². The van der Waals surface area contributed by atoms with E-state index >= 15 is 0 Å². The Balaban J connectivity index is 2.37. The van der Waals surface area contributed by atoms with Gasteiger partial charge in [-0.15, -0.1) is 0 Å². The molecule has 0 N–H and O–H groups in total. The first kappa shape index (κ1) is 12.9. The smallest absolute Gasteiger partial charge is 0.223 e. The molecule has 0 aliphatic carbocycles. The van der Waals surface area contributed by atoms with Crippen LogP contribution in [0.1, 0.15) is 0 Å². The van der Waals surface area contributed by atoms with Gasteiger partial charge in [-0.25, -0.2) is 14.4 Å². The Labute approximate surface area is 116 Å². The molecule has 0 atom stereocenters. The summed E-state index contributed by atoms with van der Waals surface area (Å²) in [5.41, 5.74) is 0. The topological polar surface area (TPSA) is 25.8 Å². The zero-order valence-corrected chi connectivity index (χ0v) is 11.2. The minimum absolute atomic E-state index is 0.0212. The standard InChI is InChI=1S/C10H4Cl3FN2S/c11-5-1-2-6(12)8(3-5)17-9-7(14)4-15-10(13)16-9/h1-4H. The van der Waals surface area contributed by atoms with Crippen molar-refractivity contribution in [3.05, 3.63) is 45.5 Å². The van der Waals surface area contributed by atoms with E-state index in [9.17, 15) is 4.39 Å². The van der Waals surface area contributed by atoms with E-state index in [1.54, 1.807) is 18.2 Å². The molecule has 0 radical (unpaired) electrons. The summed E-state index contributed by atoms with van der Waals surface area (Å²) in [6.07, 6.45) is 1.01. The quantitative estimate of drug-likeness (QED) is 0.592. The van der Waals surface area contributed by atoms with Crippen molar-refractivity contribution < 1.29 is 4.39 Å². The molecule has 0 aliphatic rings. The molecule has 0 aliphatic heterocycles. The molecule has 1 heterocycles. The van der Waals surface area contributed by atoms with Gasteiger partial charge in [0, 0.05) is 9.92 Å². The molecule has 0 fully saturated rings. The number of hydrogen-bond acceptors (Lipinski definition) is 3. The van der Waals surface area contributed by atoms with Crippen LogP contribution in [-0.4, -0.2) is 9.97 Å². The average molecular weight is 310 g/mol. The third-order valence-electron chi connectivity index (χ3n) is 1.78. The molecule has 0 saturated heterocycles. The van der Waals surface area contributed by atoms with Crippen LogP contribution in [0, 0.1) is 5.82 Å². The molecule has 2 rings (SSSR count). The minimum Gasteiger partial charge on any atom is -0.223 e. The highest BCUT2D eigenvalue weighted by Crippen LogP contribution is 2.35. The normalized spacial score (nSPS) is 10.6. The Morgan fingerprint density at radius 3 is 2.71 bits per heavy atom. The van der Waals surface area contributed by atoms with Crippen molar-refractivity contribution in [3.63, 3.8) is 0 Å². The Bertz CT molecular complexity index is 516. The summed E-state index contributed by atoms with van der Waals surface area (Å²) in [4.78, 5) is 7.91. The van der Waals surface area contributed by atoms with Crippen LogP contribution in [0.15, 0.2) is 34.3 Å². The Morgan fingerprint density at radius 1 is 1.18 bits per heavy atom. The van der Waals surface area contributed by atoms with Crippen LogP contribution >= 0.6 is 46.6 Å². The van der Waals surface area contributed by atoms with E-state index in [4.69, 9.17) is 34.8 Å². The number of nitrogens with zero attached hydrogens (tertiary/aromatic N) is 2. The van der Waals surface area contributed by atoms with Crippen molar-refractivity contribution in [2.45, 2.75) is 9.92 Å². The summed E-state index contributed by atoms with van der Waals surface area (Å²) in [7, 11) is 0. The second-order valence-electron chi connectivity index (χ2n) is 2.97. The van der Waals surface area contributed by atoms with Gasteiger partial charge in [-0.1, -0.05) is 35.0 Å². The lowest BCUT2D eigenvalue weighted by Gasteiger charge is -2.04. The van der Waals surface area contributed by atoms with E-state index in [-0.39, 0.29) is 10.3 Å².